The van der Waals surface area contributed by atoms with Gasteiger partial charge >= 0.3 is 0 Å². The number of nitrogens with one attached hydrogen (secondary N) is 1. The maximum absolute atomic E-state index is 12.6. The number of halogens is 2. The largest absolute Gasteiger partial charge is 0.507 e. The number of phenolic OH excluding ortho intramolecular Hbond substituents is 1. The number of aromatic nitrogens is 1. The summed E-state index contributed by atoms with van der Waals surface area (Å²) in [6.07, 6.45) is -2.38. The summed E-state index contributed by atoms with van der Waals surface area (Å²) in [6, 6.07) is 6.33. The molecule has 0 aliphatic carbocycles. The van der Waals surface area contributed by atoms with Gasteiger partial charge in [0.2, 0.25) is 0 Å². The molecule has 21 heavy (non-hydrogen) atoms. The van der Waals surface area contributed by atoms with E-state index >= 15 is 0 Å². The number of hydrogen-bond acceptors (Lipinski definition) is 4. The Kier molecular flexibility index (Phi) is 4.13. The van der Waals surface area contributed by atoms with Crippen LogP contribution in [0.2, 0.25) is 0 Å². The standard InChI is InChI=1S/C14H15F2N3O2/c15-13(16)12(21)9-6-19-14(18)8(9)5-10(17)7-3-1-2-4-11(7)20/h1-6,12-13,19-21H,17-18H2/b10-5-. The third-order valence-electron chi connectivity index (χ3n) is 3.06. The molecule has 0 saturated carbocycles. The first-order chi connectivity index (χ1) is 9.91. The van der Waals surface area contributed by atoms with Crippen LogP contribution in [0, 0.1) is 0 Å². The van der Waals surface area contributed by atoms with E-state index in [0.717, 1.165) is 0 Å². The van der Waals surface area contributed by atoms with Gasteiger partial charge in [0.15, 0.2) is 0 Å². The minimum Gasteiger partial charge on any atom is -0.507 e. The van der Waals surface area contributed by atoms with Gasteiger partial charge in [-0.15, -0.1) is 0 Å². The Morgan fingerprint density at radius 1 is 1.29 bits per heavy atom. The van der Waals surface area contributed by atoms with Gasteiger partial charge in [-0.25, -0.2) is 8.78 Å². The van der Waals surface area contributed by atoms with Gasteiger partial charge < -0.3 is 26.7 Å². The Hall–Kier alpha value is -2.54. The van der Waals surface area contributed by atoms with Crippen molar-refractivity contribution in [2.24, 2.45) is 5.73 Å². The van der Waals surface area contributed by atoms with Crippen molar-refractivity contribution in [1.82, 2.24) is 4.98 Å². The summed E-state index contributed by atoms with van der Waals surface area (Å²) < 4.78 is 25.3. The summed E-state index contributed by atoms with van der Waals surface area (Å²) in [5.74, 6) is 0.0550. The van der Waals surface area contributed by atoms with Crippen molar-refractivity contribution in [2.75, 3.05) is 5.73 Å². The molecule has 1 aromatic carbocycles. The molecule has 0 bridgehead atoms. The van der Waals surface area contributed by atoms with E-state index in [2.05, 4.69) is 4.98 Å². The molecule has 0 fully saturated rings. The van der Waals surface area contributed by atoms with E-state index in [1.807, 2.05) is 0 Å². The molecule has 0 aliphatic heterocycles. The van der Waals surface area contributed by atoms with E-state index in [4.69, 9.17) is 11.5 Å². The SMILES string of the molecule is N/C(=C\c1c(C(O)C(F)F)c[nH]c1N)c1ccccc1O. The second kappa shape index (κ2) is 5.84. The Balaban J connectivity index is 2.46. The number of alkyl halides is 2. The number of aromatic amines is 1. The van der Waals surface area contributed by atoms with E-state index in [-0.39, 0.29) is 28.4 Å². The number of aromatic hydroxyl groups is 1. The summed E-state index contributed by atoms with van der Waals surface area (Å²) in [6.45, 7) is 0. The van der Waals surface area contributed by atoms with Crippen LogP contribution in [0.1, 0.15) is 22.8 Å². The summed E-state index contributed by atoms with van der Waals surface area (Å²) in [5.41, 5.74) is 12.1. The van der Waals surface area contributed by atoms with Gasteiger partial charge in [-0.05, 0) is 18.2 Å². The summed E-state index contributed by atoms with van der Waals surface area (Å²) >= 11 is 0. The predicted octanol–water partition coefficient (Wildman–Crippen LogP) is 2.06. The molecule has 7 heteroatoms. The lowest BCUT2D eigenvalue weighted by Gasteiger charge is -2.10. The fourth-order valence-corrected chi connectivity index (χ4v) is 1.96. The van der Waals surface area contributed by atoms with Crippen LogP contribution in [0.4, 0.5) is 14.6 Å². The van der Waals surface area contributed by atoms with Crippen molar-refractivity contribution < 1.29 is 19.0 Å². The van der Waals surface area contributed by atoms with Gasteiger partial charge in [0.1, 0.15) is 17.7 Å². The number of rotatable bonds is 4. The fourth-order valence-electron chi connectivity index (χ4n) is 1.96. The smallest absolute Gasteiger partial charge is 0.268 e. The zero-order valence-electron chi connectivity index (χ0n) is 10.9. The van der Waals surface area contributed by atoms with Gasteiger partial charge in [0, 0.05) is 28.6 Å². The van der Waals surface area contributed by atoms with Crippen LogP contribution >= 0.6 is 0 Å². The van der Waals surface area contributed by atoms with Crippen molar-refractivity contribution in [3.8, 4) is 5.75 Å². The predicted molar refractivity (Wildman–Crippen MR) is 76.3 cm³/mol. The number of benzene rings is 1. The molecule has 7 N–H and O–H groups in total. The maximum Gasteiger partial charge on any atom is 0.268 e. The van der Waals surface area contributed by atoms with Gasteiger partial charge in [0.05, 0.1) is 0 Å². The Labute approximate surface area is 119 Å². The molecule has 2 aromatic rings. The molecular formula is C14H15F2N3O2. The van der Waals surface area contributed by atoms with Crippen molar-refractivity contribution >= 4 is 17.6 Å². The third kappa shape index (κ3) is 2.97. The summed E-state index contributed by atoms with van der Waals surface area (Å²) in [4.78, 5) is 2.57. The molecule has 1 unspecified atom stereocenters. The third-order valence-corrected chi connectivity index (χ3v) is 3.06. The van der Waals surface area contributed by atoms with E-state index < -0.39 is 12.5 Å². The number of para-hydroxylation sites is 1. The molecule has 1 heterocycles. The average Bonchev–Trinajstić information content (AvgIpc) is 2.79. The summed E-state index contributed by atoms with van der Waals surface area (Å²) in [7, 11) is 0. The van der Waals surface area contributed by atoms with E-state index in [1.54, 1.807) is 18.2 Å². The lowest BCUT2D eigenvalue weighted by molar-refractivity contribution is -0.00579. The molecule has 1 atom stereocenters. The molecule has 0 spiro atoms. The first kappa shape index (κ1) is 14.9. The quantitative estimate of drug-likeness (QED) is 0.595. The highest BCUT2D eigenvalue weighted by Crippen LogP contribution is 2.31. The number of aliphatic hydroxyl groups excluding tert-OH is 1. The van der Waals surface area contributed by atoms with Crippen LogP contribution in [0.3, 0.4) is 0 Å². The number of anilines is 1. The van der Waals surface area contributed by atoms with Gasteiger partial charge in [-0.1, -0.05) is 12.1 Å². The Morgan fingerprint density at radius 3 is 2.57 bits per heavy atom. The number of aliphatic hydroxyl groups is 1. The number of nitrogen functional groups attached to an aromatic ring is 1. The highest BCUT2D eigenvalue weighted by molar-refractivity contribution is 5.85. The van der Waals surface area contributed by atoms with E-state index in [0.29, 0.717) is 5.56 Å². The molecule has 0 saturated heterocycles. The molecule has 0 aliphatic rings. The molecule has 0 radical (unpaired) electrons. The summed E-state index contributed by atoms with van der Waals surface area (Å²) in [5, 5.41) is 19.2. The maximum atomic E-state index is 12.6. The average molecular weight is 295 g/mol. The van der Waals surface area contributed by atoms with Crippen LogP contribution in [0.5, 0.6) is 5.75 Å². The van der Waals surface area contributed by atoms with Crippen LogP contribution in [-0.2, 0) is 0 Å². The lowest BCUT2D eigenvalue weighted by Crippen LogP contribution is -2.09. The molecular weight excluding hydrogens is 280 g/mol. The Bertz CT molecular complexity index is 668. The molecule has 0 amide bonds. The first-order valence-corrected chi connectivity index (χ1v) is 6.10. The zero-order chi connectivity index (χ0) is 15.6. The van der Waals surface area contributed by atoms with E-state index in [1.165, 1.54) is 18.3 Å². The normalized spacial score (nSPS) is 13.6. The highest BCUT2D eigenvalue weighted by Gasteiger charge is 2.24. The fraction of sp³-hybridized carbons (Fsp3) is 0.143. The van der Waals surface area contributed by atoms with Crippen molar-refractivity contribution in [3.63, 3.8) is 0 Å². The van der Waals surface area contributed by atoms with Crippen LogP contribution < -0.4 is 11.5 Å². The number of H-pyrrole nitrogens is 1. The van der Waals surface area contributed by atoms with Gasteiger partial charge in [-0.2, -0.15) is 0 Å². The molecule has 112 valence electrons. The highest BCUT2D eigenvalue weighted by atomic mass is 19.3. The zero-order valence-corrected chi connectivity index (χ0v) is 10.9. The van der Waals surface area contributed by atoms with Crippen LogP contribution in [-0.4, -0.2) is 21.6 Å². The van der Waals surface area contributed by atoms with E-state index in [9.17, 15) is 19.0 Å². The first-order valence-electron chi connectivity index (χ1n) is 6.10. The Morgan fingerprint density at radius 2 is 1.95 bits per heavy atom. The number of phenols is 1. The van der Waals surface area contributed by atoms with Gasteiger partial charge in [-0.3, -0.25) is 0 Å². The monoisotopic (exact) mass is 295 g/mol. The molecule has 1 aromatic heterocycles. The van der Waals surface area contributed by atoms with Crippen LogP contribution in [0.25, 0.3) is 11.8 Å². The second-order valence-corrected chi connectivity index (χ2v) is 4.47. The lowest BCUT2D eigenvalue weighted by atomic mass is 10.0. The van der Waals surface area contributed by atoms with Gasteiger partial charge in [0.25, 0.3) is 6.43 Å². The molecule has 2 rings (SSSR count). The topological polar surface area (TPSA) is 108 Å². The number of hydrogen-bond donors (Lipinski definition) is 5. The second-order valence-electron chi connectivity index (χ2n) is 4.47. The van der Waals surface area contributed by atoms with Crippen molar-refractivity contribution in [2.45, 2.75) is 12.5 Å². The number of nitrogens with two attached hydrogens (primary N) is 2. The molecule has 5 nitrogen and oxygen atoms in total. The van der Waals surface area contributed by atoms with Crippen LogP contribution in [0.15, 0.2) is 30.5 Å². The minimum atomic E-state index is -2.95. The van der Waals surface area contributed by atoms with Crippen molar-refractivity contribution in [1.29, 1.82) is 0 Å². The minimum absolute atomic E-state index is 0.0451. The van der Waals surface area contributed by atoms with Crippen molar-refractivity contribution in [3.05, 3.63) is 47.2 Å².